The number of thioether (sulfide) groups is 1. The number of aromatic amines is 1. The first kappa shape index (κ1) is 15.9. The van der Waals surface area contributed by atoms with E-state index in [2.05, 4.69) is 20.5 Å². The zero-order valence-corrected chi connectivity index (χ0v) is 14.7. The Labute approximate surface area is 152 Å². The van der Waals surface area contributed by atoms with Crippen LogP contribution in [0.5, 0.6) is 0 Å². The second-order valence-electron chi connectivity index (χ2n) is 5.32. The number of hydrazone groups is 1. The molecular weight excluding hydrogens is 352 g/mol. The van der Waals surface area contributed by atoms with Gasteiger partial charge in [-0.05, 0) is 18.2 Å². The molecule has 0 aliphatic carbocycles. The highest BCUT2D eigenvalue weighted by Crippen LogP contribution is 2.29. The largest absolute Gasteiger partial charge is 0.361 e. The van der Waals surface area contributed by atoms with Crippen LogP contribution in [0.3, 0.4) is 0 Å². The van der Waals surface area contributed by atoms with Gasteiger partial charge in [0.2, 0.25) is 0 Å². The highest BCUT2D eigenvalue weighted by Gasteiger charge is 2.07. The second kappa shape index (κ2) is 7.08. The Morgan fingerprint density at radius 2 is 2.08 bits per heavy atom. The molecule has 2 heterocycles. The summed E-state index contributed by atoms with van der Waals surface area (Å²) in [6, 6.07) is 15.9. The van der Waals surface area contributed by atoms with Crippen LogP contribution in [-0.2, 0) is 4.79 Å². The number of hydrogen-bond donors (Lipinski definition) is 2. The molecule has 2 aromatic carbocycles. The average molecular weight is 366 g/mol. The number of hydrogen-bond acceptors (Lipinski definition) is 5. The zero-order chi connectivity index (χ0) is 17.1. The number of carbonyl (C=O) groups is 1. The molecule has 124 valence electrons. The number of thiazole rings is 1. The van der Waals surface area contributed by atoms with Gasteiger partial charge in [0, 0.05) is 22.7 Å². The van der Waals surface area contributed by atoms with E-state index in [1.54, 1.807) is 17.6 Å². The van der Waals surface area contributed by atoms with Gasteiger partial charge in [-0.15, -0.1) is 11.3 Å². The van der Waals surface area contributed by atoms with Gasteiger partial charge in [0.1, 0.15) is 0 Å². The van der Waals surface area contributed by atoms with E-state index in [0.29, 0.717) is 0 Å². The summed E-state index contributed by atoms with van der Waals surface area (Å²) in [7, 11) is 0. The van der Waals surface area contributed by atoms with Crippen LogP contribution < -0.4 is 5.43 Å². The van der Waals surface area contributed by atoms with Gasteiger partial charge in [-0.1, -0.05) is 42.1 Å². The molecule has 4 aromatic rings. The van der Waals surface area contributed by atoms with Gasteiger partial charge in [0.15, 0.2) is 4.34 Å². The molecule has 0 aliphatic rings. The van der Waals surface area contributed by atoms with Crippen molar-refractivity contribution in [2.24, 2.45) is 5.10 Å². The Morgan fingerprint density at radius 3 is 3.00 bits per heavy atom. The summed E-state index contributed by atoms with van der Waals surface area (Å²) in [5.41, 5.74) is 5.51. The van der Waals surface area contributed by atoms with Gasteiger partial charge >= 0.3 is 0 Å². The standard InChI is InChI=1S/C18H14N4OS2/c23-17(11-24-18-21-15-7-3-4-8-16(15)25-18)22-20-10-12-9-19-14-6-2-1-5-13(12)14/h1-10,19H,11H2,(H,22,23). The minimum atomic E-state index is -0.152. The maximum atomic E-state index is 11.9. The molecule has 0 radical (unpaired) electrons. The number of nitrogens with one attached hydrogen (secondary N) is 2. The topological polar surface area (TPSA) is 70.1 Å². The maximum Gasteiger partial charge on any atom is 0.250 e. The summed E-state index contributed by atoms with van der Waals surface area (Å²) in [5.74, 6) is 0.130. The van der Waals surface area contributed by atoms with Gasteiger partial charge in [-0.3, -0.25) is 4.79 Å². The Balaban J connectivity index is 1.34. The normalized spacial score (nSPS) is 11.5. The summed E-state index contributed by atoms with van der Waals surface area (Å²) in [6.07, 6.45) is 3.52. The van der Waals surface area contributed by atoms with Crippen molar-refractivity contribution >= 4 is 56.3 Å². The van der Waals surface area contributed by atoms with Gasteiger partial charge in [-0.25, -0.2) is 10.4 Å². The molecule has 25 heavy (non-hydrogen) atoms. The summed E-state index contributed by atoms with van der Waals surface area (Å²) in [5, 5.41) is 5.12. The van der Waals surface area contributed by atoms with E-state index in [4.69, 9.17) is 0 Å². The molecule has 2 N–H and O–H groups in total. The molecule has 7 heteroatoms. The molecule has 5 nitrogen and oxygen atoms in total. The van der Waals surface area contributed by atoms with Crippen LogP contribution in [0, 0.1) is 0 Å². The van der Waals surface area contributed by atoms with Crippen molar-refractivity contribution in [3.8, 4) is 0 Å². The monoisotopic (exact) mass is 366 g/mol. The second-order valence-corrected chi connectivity index (χ2v) is 7.57. The molecule has 0 atom stereocenters. The van der Waals surface area contributed by atoms with Crippen molar-refractivity contribution in [3.63, 3.8) is 0 Å². The predicted molar refractivity (Wildman–Crippen MR) is 104 cm³/mol. The Kier molecular flexibility index (Phi) is 4.49. The average Bonchev–Trinajstić information content (AvgIpc) is 3.24. The van der Waals surface area contributed by atoms with E-state index in [1.165, 1.54) is 11.8 Å². The third-order valence-electron chi connectivity index (χ3n) is 3.62. The Morgan fingerprint density at radius 1 is 1.24 bits per heavy atom. The van der Waals surface area contributed by atoms with Crippen molar-refractivity contribution in [3.05, 3.63) is 60.3 Å². The zero-order valence-electron chi connectivity index (χ0n) is 13.1. The van der Waals surface area contributed by atoms with E-state index in [0.717, 1.165) is 31.0 Å². The minimum Gasteiger partial charge on any atom is -0.361 e. The number of rotatable bonds is 5. The highest BCUT2D eigenvalue weighted by atomic mass is 32.2. The van der Waals surface area contributed by atoms with Crippen LogP contribution in [0.1, 0.15) is 5.56 Å². The van der Waals surface area contributed by atoms with Gasteiger partial charge in [0.05, 0.1) is 22.2 Å². The van der Waals surface area contributed by atoms with Crippen molar-refractivity contribution in [1.82, 2.24) is 15.4 Å². The maximum absolute atomic E-state index is 11.9. The molecule has 4 rings (SSSR count). The SMILES string of the molecule is O=C(CSc1nc2ccccc2s1)NN=Cc1c[nH]c2ccccc12. The third-order valence-corrected chi connectivity index (χ3v) is 5.79. The summed E-state index contributed by atoms with van der Waals surface area (Å²) in [6.45, 7) is 0. The molecule has 0 aliphatic heterocycles. The number of nitrogens with zero attached hydrogens (tertiary/aromatic N) is 2. The van der Waals surface area contributed by atoms with Crippen molar-refractivity contribution in [2.75, 3.05) is 5.75 Å². The predicted octanol–water partition coefficient (Wildman–Crippen LogP) is 4.02. The van der Waals surface area contributed by atoms with Crippen molar-refractivity contribution < 1.29 is 4.79 Å². The van der Waals surface area contributed by atoms with E-state index in [-0.39, 0.29) is 11.7 Å². The highest BCUT2D eigenvalue weighted by molar-refractivity contribution is 8.01. The molecule has 2 aromatic heterocycles. The molecule has 0 fully saturated rings. The summed E-state index contributed by atoms with van der Waals surface area (Å²) in [4.78, 5) is 19.6. The number of carbonyl (C=O) groups excluding carboxylic acids is 1. The lowest BCUT2D eigenvalue weighted by atomic mass is 10.2. The number of benzene rings is 2. The fourth-order valence-corrected chi connectivity index (χ4v) is 4.31. The number of H-pyrrole nitrogens is 1. The van der Waals surface area contributed by atoms with E-state index in [9.17, 15) is 4.79 Å². The fourth-order valence-electron chi connectivity index (χ4n) is 2.45. The minimum absolute atomic E-state index is 0.152. The van der Waals surface area contributed by atoms with Crippen LogP contribution in [0.25, 0.3) is 21.1 Å². The van der Waals surface area contributed by atoms with Gasteiger partial charge < -0.3 is 4.98 Å². The van der Waals surface area contributed by atoms with Gasteiger partial charge in [0.25, 0.3) is 5.91 Å². The van der Waals surface area contributed by atoms with Crippen LogP contribution in [0.2, 0.25) is 0 Å². The van der Waals surface area contributed by atoms with E-state index in [1.807, 2.05) is 54.7 Å². The molecule has 0 saturated carbocycles. The molecule has 0 bridgehead atoms. The fraction of sp³-hybridized carbons (Fsp3) is 0.0556. The van der Waals surface area contributed by atoms with Crippen molar-refractivity contribution in [1.29, 1.82) is 0 Å². The lowest BCUT2D eigenvalue weighted by molar-refractivity contribution is -0.118. The Bertz CT molecular complexity index is 1030. The van der Waals surface area contributed by atoms with Crippen molar-refractivity contribution in [2.45, 2.75) is 4.34 Å². The van der Waals surface area contributed by atoms with Gasteiger partial charge in [-0.2, -0.15) is 5.10 Å². The lowest BCUT2D eigenvalue weighted by Crippen LogP contribution is -2.19. The smallest absolute Gasteiger partial charge is 0.250 e. The Hall–Kier alpha value is -2.64. The first-order chi connectivity index (χ1) is 12.3. The van der Waals surface area contributed by atoms with Crippen LogP contribution >= 0.6 is 23.1 Å². The van der Waals surface area contributed by atoms with Crippen LogP contribution in [0.4, 0.5) is 0 Å². The molecule has 1 amide bonds. The molecule has 0 unspecified atom stereocenters. The first-order valence-electron chi connectivity index (χ1n) is 7.66. The summed E-state index contributed by atoms with van der Waals surface area (Å²) >= 11 is 3.01. The van der Waals surface area contributed by atoms with E-state index >= 15 is 0 Å². The lowest BCUT2D eigenvalue weighted by Gasteiger charge is -1.97. The number of aromatic nitrogens is 2. The molecular formula is C18H14N4OS2. The molecule has 0 saturated heterocycles. The number of fused-ring (bicyclic) bond motifs is 2. The molecule has 0 spiro atoms. The quantitative estimate of drug-likeness (QED) is 0.318. The summed E-state index contributed by atoms with van der Waals surface area (Å²) < 4.78 is 2.01. The third kappa shape index (κ3) is 3.57. The van der Waals surface area contributed by atoms with Crippen LogP contribution in [-0.4, -0.2) is 27.8 Å². The van der Waals surface area contributed by atoms with E-state index < -0.39 is 0 Å². The van der Waals surface area contributed by atoms with Crippen LogP contribution in [0.15, 0.2) is 64.2 Å². The number of amides is 1. The number of para-hydroxylation sites is 2. The first-order valence-corrected chi connectivity index (χ1v) is 9.46.